The molecule has 1 aliphatic rings. The van der Waals surface area contributed by atoms with E-state index in [-0.39, 0.29) is 23.6 Å². The first-order valence-electron chi connectivity index (χ1n) is 8.09. The largest absolute Gasteiger partial charge is 0.364 e. The number of pyridine rings is 1. The molecule has 25 heavy (non-hydrogen) atoms. The molecule has 2 heterocycles. The van der Waals surface area contributed by atoms with Gasteiger partial charge in [0.15, 0.2) is 11.5 Å². The number of nitrogens with zero attached hydrogens (tertiary/aromatic N) is 3. The average molecular weight is 362 g/mol. The highest BCUT2D eigenvalue weighted by Gasteiger charge is 2.22. The zero-order valence-electron chi connectivity index (χ0n) is 13.6. The molecule has 2 unspecified atom stereocenters. The lowest BCUT2D eigenvalue weighted by Crippen LogP contribution is -2.42. The summed E-state index contributed by atoms with van der Waals surface area (Å²) in [7, 11) is 0. The van der Waals surface area contributed by atoms with Crippen LogP contribution in [0.15, 0.2) is 24.7 Å². The quantitative estimate of drug-likeness (QED) is 0.640. The van der Waals surface area contributed by atoms with Gasteiger partial charge < -0.3 is 22.1 Å². The van der Waals surface area contributed by atoms with Crippen molar-refractivity contribution < 1.29 is 4.79 Å². The molecule has 3 rings (SSSR count). The zero-order valence-corrected chi connectivity index (χ0v) is 14.3. The Balaban J connectivity index is 1.85. The first-order valence-corrected chi connectivity index (χ1v) is 8.47. The normalized spacial score (nSPS) is 20.1. The summed E-state index contributed by atoms with van der Waals surface area (Å²) in [5.41, 5.74) is 12.2. The van der Waals surface area contributed by atoms with Crippen molar-refractivity contribution in [2.45, 2.75) is 37.8 Å². The zero-order chi connectivity index (χ0) is 17.8. The lowest BCUT2D eigenvalue weighted by molar-refractivity contribution is 0.0996. The second-order valence-corrected chi connectivity index (χ2v) is 6.47. The van der Waals surface area contributed by atoms with Crippen molar-refractivity contribution in [1.82, 2.24) is 15.0 Å². The van der Waals surface area contributed by atoms with Gasteiger partial charge in [0.1, 0.15) is 5.82 Å². The van der Waals surface area contributed by atoms with E-state index in [1.54, 1.807) is 12.3 Å². The third kappa shape index (κ3) is 4.34. The molecule has 0 aliphatic heterocycles. The number of primary amides is 1. The molecule has 132 valence electrons. The van der Waals surface area contributed by atoms with Crippen LogP contribution < -0.4 is 22.1 Å². The predicted octanol–water partition coefficient (Wildman–Crippen LogP) is 2.05. The topological polar surface area (TPSA) is 132 Å². The van der Waals surface area contributed by atoms with E-state index in [2.05, 4.69) is 25.6 Å². The smallest absolute Gasteiger partial charge is 0.271 e. The van der Waals surface area contributed by atoms with Gasteiger partial charge in [-0.15, -0.1) is 0 Å². The number of hydrogen-bond donors (Lipinski definition) is 4. The first kappa shape index (κ1) is 17.4. The molecule has 2 aromatic heterocycles. The van der Waals surface area contributed by atoms with E-state index in [9.17, 15) is 4.79 Å². The summed E-state index contributed by atoms with van der Waals surface area (Å²) in [4.78, 5) is 24.2. The summed E-state index contributed by atoms with van der Waals surface area (Å²) in [5.74, 6) is 0.0988. The average Bonchev–Trinajstić information content (AvgIpc) is 2.57. The minimum Gasteiger partial charge on any atom is -0.364 e. The minimum atomic E-state index is -0.675. The van der Waals surface area contributed by atoms with Crippen LogP contribution in [-0.2, 0) is 0 Å². The standard InChI is InChI=1S/C16H20ClN7O/c17-9-5-10(7-20-6-9)22-16-14(15(19)25)21-8-13(24-16)23-12-4-2-1-3-11(12)18/h5-8,11-12H,1-4,18H2,(H2,19,25)(H2,22,23,24). The number of aromatic nitrogens is 3. The van der Waals surface area contributed by atoms with Crippen molar-refractivity contribution in [2.24, 2.45) is 11.5 Å². The van der Waals surface area contributed by atoms with Gasteiger partial charge in [-0.05, 0) is 18.9 Å². The van der Waals surface area contributed by atoms with Gasteiger partial charge in [0.2, 0.25) is 0 Å². The predicted molar refractivity (Wildman–Crippen MR) is 96.9 cm³/mol. The fraction of sp³-hybridized carbons (Fsp3) is 0.375. The molecule has 1 saturated carbocycles. The van der Waals surface area contributed by atoms with Crippen LogP contribution in [0.3, 0.4) is 0 Å². The van der Waals surface area contributed by atoms with Crippen LogP contribution in [0.25, 0.3) is 0 Å². The highest BCUT2D eigenvalue weighted by molar-refractivity contribution is 6.30. The van der Waals surface area contributed by atoms with Gasteiger partial charge in [0, 0.05) is 18.3 Å². The highest BCUT2D eigenvalue weighted by atomic mass is 35.5. The van der Waals surface area contributed by atoms with E-state index >= 15 is 0 Å². The Bertz CT molecular complexity index is 770. The number of amides is 1. The third-order valence-corrected chi connectivity index (χ3v) is 4.33. The summed E-state index contributed by atoms with van der Waals surface area (Å²) < 4.78 is 0. The number of anilines is 3. The van der Waals surface area contributed by atoms with Gasteiger partial charge >= 0.3 is 0 Å². The van der Waals surface area contributed by atoms with Crippen molar-refractivity contribution in [1.29, 1.82) is 0 Å². The minimum absolute atomic E-state index is 0.0402. The molecule has 0 bridgehead atoms. The Hall–Kier alpha value is -2.45. The number of carbonyl (C=O) groups is 1. The fourth-order valence-electron chi connectivity index (χ4n) is 2.87. The van der Waals surface area contributed by atoms with Gasteiger partial charge in [0.25, 0.3) is 5.91 Å². The van der Waals surface area contributed by atoms with Crippen LogP contribution in [0, 0.1) is 0 Å². The first-order chi connectivity index (χ1) is 12.0. The molecule has 8 nitrogen and oxygen atoms in total. The second-order valence-electron chi connectivity index (χ2n) is 6.03. The van der Waals surface area contributed by atoms with Crippen molar-refractivity contribution >= 4 is 34.8 Å². The van der Waals surface area contributed by atoms with Crippen LogP contribution in [0.2, 0.25) is 5.02 Å². The molecule has 1 amide bonds. The highest BCUT2D eigenvalue weighted by Crippen LogP contribution is 2.23. The number of hydrogen-bond acceptors (Lipinski definition) is 7. The van der Waals surface area contributed by atoms with E-state index in [1.807, 2.05) is 0 Å². The Morgan fingerprint density at radius 2 is 2.04 bits per heavy atom. The Kier molecular flexibility index (Phi) is 5.30. The van der Waals surface area contributed by atoms with E-state index in [0.717, 1.165) is 25.7 Å². The van der Waals surface area contributed by atoms with E-state index in [0.29, 0.717) is 16.5 Å². The molecule has 1 aliphatic carbocycles. The summed E-state index contributed by atoms with van der Waals surface area (Å²) >= 11 is 5.93. The molecule has 2 aromatic rings. The van der Waals surface area contributed by atoms with Crippen molar-refractivity contribution in [3.63, 3.8) is 0 Å². The van der Waals surface area contributed by atoms with Gasteiger partial charge in [-0.25, -0.2) is 9.97 Å². The van der Waals surface area contributed by atoms with E-state index < -0.39 is 5.91 Å². The number of nitrogens with two attached hydrogens (primary N) is 2. The maximum Gasteiger partial charge on any atom is 0.271 e. The van der Waals surface area contributed by atoms with Gasteiger partial charge in [0.05, 0.1) is 23.1 Å². The van der Waals surface area contributed by atoms with Crippen molar-refractivity contribution in [3.05, 3.63) is 35.4 Å². The van der Waals surface area contributed by atoms with E-state index in [1.165, 1.54) is 12.4 Å². The lowest BCUT2D eigenvalue weighted by atomic mass is 9.91. The van der Waals surface area contributed by atoms with Crippen LogP contribution in [0.5, 0.6) is 0 Å². The van der Waals surface area contributed by atoms with Crippen LogP contribution >= 0.6 is 11.6 Å². The lowest BCUT2D eigenvalue weighted by Gasteiger charge is -2.29. The molecular formula is C16H20ClN7O. The summed E-state index contributed by atoms with van der Waals surface area (Å²) in [6.07, 6.45) is 8.77. The van der Waals surface area contributed by atoms with Gasteiger partial charge in [-0.1, -0.05) is 24.4 Å². The maximum atomic E-state index is 11.6. The van der Waals surface area contributed by atoms with Crippen molar-refractivity contribution in [2.75, 3.05) is 10.6 Å². The van der Waals surface area contributed by atoms with Crippen LogP contribution in [0.1, 0.15) is 36.2 Å². The molecule has 0 saturated heterocycles. The number of rotatable bonds is 5. The fourth-order valence-corrected chi connectivity index (χ4v) is 3.05. The molecule has 0 radical (unpaired) electrons. The molecule has 6 N–H and O–H groups in total. The number of halogens is 1. The maximum absolute atomic E-state index is 11.6. The van der Waals surface area contributed by atoms with Crippen LogP contribution in [-0.4, -0.2) is 32.9 Å². The summed E-state index contributed by atoms with van der Waals surface area (Å²) in [6, 6.07) is 1.86. The van der Waals surface area contributed by atoms with Gasteiger partial charge in [-0.3, -0.25) is 9.78 Å². The third-order valence-electron chi connectivity index (χ3n) is 4.13. The molecule has 0 spiro atoms. The van der Waals surface area contributed by atoms with Crippen molar-refractivity contribution in [3.8, 4) is 0 Å². The SMILES string of the molecule is NC(=O)c1ncc(NC2CCCCC2N)nc1Nc1cncc(Cl)c1. The molecule has 2 atom stereocenters. The second kappa shape index (κ2) is 7.62. The monoisotopic (exact) mass is 361 g/mol. The number of carbonyl (C=O) groups excluding carboxylic acids is 1. The molecule has 9 heteroatoms. The Labute approximate surface area is 150 Å². The Morgan fingerprint density at radius 3 is 2.76 bits per heavy atom. The summed E-state index contributed by atoms with van der Waals surface area (Å²) in [6.45, 7) is 0. The summed E-state index contributed by atoms with van der Waals surface area (Å²) in [5, 5.41) is 6.75. The molecular weight excluding hydrogens is 342 g/mol. The van der Waals surface area contributed by atoms with E-state index in [4.69, 9.17) is 23.1 Å². The van der Waals surface area contributed by atoms with Crippen LogP contribution in [0.4, 0.5) is 17.3 Å². The molecule has 0 aromatic carbocycles. The molecule has 1 fully saturated rings. The Morgan fingerprint density at radius 1 is 1.24 bits per heavy atom. The van der Waals surface area contributed by atoms with Gasteiger partial charge in [-0.2, -0.15) is 0 Å². The number of nitrogens with one attached hydrogen (secondary N) is 2.